The minimum atomic E-state index is -3.42. The summed E-state index contributed by atoms with van der Waals surface area (Å²) in [5.41, 5.74) is 0. The lowest BCUT2D eigenvalue weighted by atomic mass is 10.2. The molecule has 1 saturated heterocycles. The molecule has 0 aromatic heterocycles. The maximum atomic E-state index is 12.1. The van der Waals surface area contributed by atoms with E-state index in [2.05, 4.69) is 0 Å². The van der Waals surface area contributed by atoms with E-state index in [9.17, 15) is 16.8 Å². The number of sulfone groups is 1. The van der Waals surface area contributed by atoms with Crippen molar-refractivity contribution in [2.24, 2.45) is 0 Å². The molecule has 0 bridgehead atoms. The fourth-order valence-electron chi connectivity index (χ4n) is 1.88. The molecule has 1 heterocycles. The highest BCUT2D eigenvalue weighted by atomic mass is 35.5. The summed E-state index contributed by atoms with van der Waals surface area (Å²) in [5.74, 6) is -0.0810. The van der Waals surface area contributed by atoms with E-state index >= 15 is 0 Å². The molecule has 17 heavy (non-hydrogen) atoms. The molecule has 1 aliphatic rings. The Hall–Kier alpha value is 0.150. The molecule has 0 aromatic rings. The van der Waals surface area contributed by atoms with Gasteiger partial charge in [0, 0.05) is 19.0 Å². The van der Waals surface area contributed by atoms with Gasteiger partial charge in [0.2, 0.25) is 10.0 Å². The molecule has 0 saturated carbocycles. The molecular weight excluding hydrogens is 286 g/mol. The summed E-state index contributed by atoms with van der Waals surface area (Å²) >= 11 is 5.76. The number of alkyl halides is 1. The second kappa shape index (κ2) is 5.42. The molecule has 102 valence electrons. The molecule has 0 aromatic carbocycles. The first-order valence-electron chi connectivity index (χ1n) is 5.45. The Labute approximate surface area is 108 Å². The van der Waals surface area contributed by atoms with E-state index in [1.54, 1.807) is 6.92 Å². The van der Waals surface area contributed by atoms with Gasteiger partial charge in [-0.1, -0.05) is 0 Å². The molecular formula is C9H18ClNO4S2. The average molecular weight is 304 g/mol. The standard InChI is InChI=1S/C9H18ClNO4S2/c1-8(10)7-11(2)17(14,15)9-3-5-16(12,13)6-4-9/h8-9H,3-7H2,1-2H3. The number of halogens is 1. The van der Waals surface area contributed by atoms with E-state index in [0.717, 1.165) is 0 Å². The van der Waals surface area contributed by atoms with Crippen LogP contribution < -0.4 is 0 Å². The third kappa shape index (κ3) is 4.08. The number of rotatable bonds is 4. The van der Waals surface area contributed by atoms with Gasteiger partial charge in [-0.2, -0.15) is 0 Å². The van der Waals surface area contributed by atoms with Gasteiger partial charge in [0.05, 0.1) is 16.8 Å². The molecule has 0 spiro atoms. The van der Waals surface area contributed by atoms with Gasteiger partial charge in [-0.3, -0.25) is 0 Å². The highest BCUT2D eigenvalue weighted by Gasteiger charge is 2.35. The van der Waals surface area contributed by atoms with Crippen molar-refractivity contribution in [3.63, 3.8) is 0 Å². The third-order valence-corrected chi connectivity index (χ3v) is 7.05. The van der Waals surface area contributed by atoms with Crippen molar-refractivity contribution in [3.05, 3.63) is 0 Å². The van der Waals surface area contributed by atoms with Gasteiger partial charge in [0.25, 0.3) is 0 Å². The van der Waals surface area contributed by atoms with Gasteiger partial charge in [-0.25, -0.2) is 21.1 Å². The Morgan fingerprint density at radius 3 is 2.24 bits per heavy atom. The lowest BCUT2D eigenvalue weighted by molar-refractivity contribution is 0.452. The van der Waals surface area contributed by atoms with Gasteiger partial charge >= 0.3 is 0 Å². The SMILES string of the molecule is CC(Cl)CN(C)S(=O)(=O)C1CCS(=O)(=O)CC1. The van der Waals surface area contributed by atoms with Crippen LogP contribution in [-0.2, 0) is 19.9 Å². The van der Waals surface area contributed by atoms with Crippen LogP contribution >= 0.6 is 11.6 Å². The average Bonchev–Trinajstić information content (AvgIpc) is 2.15. The predicted molar refractivity (Wildman–Crippen MR) is 68.5 cm³/mol. The van der Waals surface area contributed by atoms with E-state index in [0.29, 0.717) is 0 Å². The molecule has 1 atom stereocenters. The number of hydrogen-bond donors (Lipinski definition) is 0. The molecule has 1 fully saturated rings. The van der Waals surface area contributed by atoms with Crippen LogP contribution in [0.15, 0.2) is 0 Å². The molecule has 5 nitrogen and oxygen atoms in total. The first kappa shape index (κ1) is 15.2. The molecule has 0 aliphatic carbocycles. The van der Waals surface area contributed by atoms with Crippen LogP contribution in [0.25, 0.3) is 0 Å². The largest absolute Gasteiger partial charge is 0.229 e. The quantitative estimate of drug-likeness (QED) is 0.707. The maximum Gasteiger partial charge on any atom is 0.216 e. The van der Waals surface area contributed by atoms with Crippen molar-refractivity contribution in [2.75, 3.05) is 25.1 Å². The minimum Gasteiger partial charge on any atom is -0.229 e. The van der Waals surface area contributed by atoms with Crippen LogP contribution in [0.3, 0.4) is 0 Å². The number of sulfonamides is 1. The van der Waals surface area contributed by atoms with E-state index in [-0.39, 0.29) is 36.3 Å². The van der Waals surface area contributed by atoms with Crippen LogP contribution in [-0.4, -0.2) is 56.9 Å². The molecule has 0 radical (unpaired) electrons. The zero-order valence-electron chi connectivity index (χ0n) is 9.96. The van der Waals surface area contributed by atoms with E-state index in [1.165, 1.54) is 11.4 Å². The summed E-state index contributed by atoms with van der Waals surface area (Å²) in [6.07, 6.45) is 0.372. The predicted octanol–water partition coefficient (Wildman–Crippen LogP) is 0.453. The summed E-state index contributed by atoms with van der Waals surface area (Å²) < 4.78 is 47.9. The van der Waals surface area contributed by atoms with Crippen molar-refractivity contribution in [1.82, 2.24) is 4.31 Å². The fourth-order valence-corrected chi connectivity index (χ4v) is 5.73. The summed E-state index contributed by atoms with van der Waals surface area (Å²) in [4.78, 5) is 0. The van der Waals surface area contributed by atoms with Gasteiger partial charge in [-0.15, -0.1) is 11.6 Å². The molecule has 0 amide bonds. The molecule has 1 rings (SSSR count). The Morgan fingerprint density at radius 1 is 1.35 bits per heavy atom. The van der Waals surface area contributed by atoms with Gasteiger partial charge in [-0.05, 0) is 19.8 Å². The van der Waals surface area contributed by atoms with Crippen LogP contribution in [0.2, 0.25) is 0 Å². The van der Waals surface area contributed by atoms with Crippen molar-refractivity contribution >= 4 is 31.5 Å². The lowest BCUT2D eigenvalue weighted by Gasteiger charge is -2.27. The number of nitrogens with zero attached hydrogens (tertiary/aromatic N) is 1. The highest BCUT2D eigenvalue weighted by Crippen LogP contribution is 2.22. The monoisotopic (exact) mass is 303 g/mol. The van der Waals surface area contributed by atoms with Crippen molar-refractivity contribution in [1.29, 1.82) is 0 Å². The summed E-state index contributed by atoms with van der Waals surface area (Å²) in [6.45, 7) is 1.96. The van der Waals surface area contributed by atoms with Gasteiger partial charge < -0.3 is 0 Å². The van der Waals surface area contributed by atoms with Crippen LogP contribution in [0, 0.1) is 0 Å². The smallest absolute Gasteiger partial charge is 0.216 e. The van der Waals surface area contributed by atoms with E-state index in [1.807, 2.05) is 0 Å². The minimum absolute atomic E-state index is 0.0405. The summed E-state index contributed by atoms with van der Waals surface area (Å²) in [7, 11) is -4.97. The highest BCUT2D eigenvalue weighted by molar-refractivity contribution is 7.92. The molecule has 1 unspecified atom stereocenters. The topological polar surface area (TPSA) is 71.5 Å². The van der Waals surface area contributed by atoms with Crippen LogP contribution in [0.1, 0.15) is 19.8 Å². The summed E-state index contributed by atoms with van der Waals surface area (Å²) in [5, 5.41) is -0.853. The van der Waals surface area contributed by atoms with E-state index in [4.69, 9.17) is 11.6 Å². The van der Waals surface area contributed by atoms with Crippen molar-refractivity contribution < 1.29 is 16.8 Å². The van der Waals surface area contributed by atoms with Crippen molar-refractivity contribution in [2.45, 2.75) is 30.4 Å². The third-order valence-electron chi connectivity index (χ3n) is 2.87. The molecule has 1 aliphatic heterocycles. The lowest BCUT2D eigenvalue weighted by Crippen LogP contribution is -2.42. The Kier molecular flexibility index (Phi) is 4.85. The zero-order valence-corrected chi connectivity index (χ0v) is 12.4. The Balaban J connectivity index is 2.73. The maximum absolute atomic E-state index is 12.1. The van der Waals surface area contributed by atoms with Crippen molar-refractivity contribution in [3.8, 4) is 0 Å². The second-order valence-electron chi connectivity index (χ2n) is 4.46. The van der Waals surface area contributed by atoms with E-state index < -0.39 is 25.1 Å². The van der Waals surface area contributed by atoms with Gasteiger partial charge in [0.1, 0.15) is 9.84 Å². The first-order chi connectivity index (χ1) is 7.65. The summed E-state index contributed by atoms with van der Waals surface area (Å²) in [6, 6.07) is 0. The molecule has 8 heteroatoms. The van der Waals surface area contributed by atoms with Gasteiger partial charge in [0.15, 0.2) is 0 Å². The normalized spacial score (nSPS) is 23.8. The molecule has 0 N–H and O–H groups in total. The number of hydrogen-bond acceptors (Lipinski definition) is 4. The zero-order chi connectivity index (χ0) is 13.3. The Bertz CT molecular complexity index is 443. The first-order valence-corrected chi connectivity index (χ1v) is 9.21. The fraction of sp³-hybridized carbons (Fsp3) is 1.00. The Morgan fingerprint density at radius 2 is 1.82 bits per heavy atom. The second-order valence-corrected chi connectivity index (χ2v) is 9.83. The van der Waals surface area contributed by atoms with Crippen LogP contribution in [0.4, 0.5) is 0 Å². The van der Waals surface area contributed by atoms with Crippen LogP contribution in [0.5, 0.6) is 0 Å².